The molecule has 0 aromatic heterocycles. The van der Waals surface area contributed by atoms with Gasteiger partial charge in [0.15, 0.2) is 0 Å². The Hall–Kier alpha value is -1.10. The summed E-state index contributed by atoms with van der Waals surface area (Å²) in [5.74, 6) is 0.629. The zero-order valence-corrected chi connectivity index (χ0v) is 11.7. The van der Waals surface area contributed by atoms with Crippen molar-refractivity contribution < 1.29 is 14.7 Å². The summed E-state index contributed by atoms with van der Waals surface area (Å²) in [6, 6.07) is 0.244. The number of nitrogens with zero attached hydrogens (tertiary/aromatic N) is 2. The van der Waals surface area contributed by atoms with E-state index in [-0.39, 0.29) is 29.8 Å². The first-order valence-electron chi connectivity index (χ1n) is 7.96. The third-order valence-electron chi connectivity index (χ3n) is 5.82. The Labute approximate surface area is 118 Å². The minimum Gasteiger partial charge on any atom is -0.374 e. The van der Waals surface area contributed by atoms with Crippen LogP contribution in [0.4, 0.5) is 0 Å². The van der Waals surface area contributed by atoms with E-state index in [2.05, 4.69) is 0 Å². The van der Waals surface area contributed by atoms with E-state index in [1.165, 1.54) is 0 Å². The number of carbonyl (C=O) groups is 2. The molecule has 0 aliphatic carbocycles. The van der Waals surface area contributed by atoms with Gasteiger partial charge in [0, 0.05) is 25.0 Å². The minimum atomic E-state index is -0.600. The van der Waals surface area contributed by atoms with E-state index < -0.39 is 6.23 Å². The smallest absolute Gasteiger partial charge is 0.230 e. The summed E-state index contributed by atoms with van der Waals surface area (Å²) in [5.41, 5.74) is 0. The highest BCUT2D eigenvalue weighted by atomic mass is 16.3. The number of hydrogen-bond acceptors (Lipinski definition) is 3. The van der Waals surface area contributed by atoms with Crippen molar-refractivity contribution in [3.05, 3.63) is 0 Å². The third-order valence-corrected chi connectivity index (χ3v) is 5.82. The van der Waals surface area contributed by atoms with E-state index >= 15 is 0 Å². The Morgan fingerprint density at radius 2 is 1.85 bits per heavy atom. The van der Waals surface area contributed by atoms with E-state index in [1.54, 1.807) is 4.90 Å². The third kappa shape index (κ3) is 1.65. The quantitative estimate of drug-likeness (QED) is 0.710. The summed E-state index contributed by atoms with van der Waals surface area (Å²) in [7, 11) is 0. The van der Waals surface area contributed by atoms with Gasteiger partial charge in [-0.2, -0.15) is 0 Å². The molecule has 4 fully saturated rings. The number of aliphatic hydroxyl groups excluding tert-OH is 1. The average molecular weight is 278 g/mol. The second-order valence-corrected chi connectivity index (χ2v) is 6.83. The van der Waals surface area contributed by atoms with E-state index in [1.807, 2.05) is 4.90 Å². The molecular weight excluding hydrogens is 256 g/mol. The lowest BCUT2D eigenvalue weighted by molar-refractivity contribution is -0.181. The molecule has 4 rings (SSSR count). The second-order valence-electron chi connectivity index (χ2n) is 6.83. The molecule has 4 aliphatic rings. The Morgan fingerprint density at radius 1 is 1.05 bits per heavy atom. The molecule has 110 valence electrons. The maximum absolute atomic E-state index is 12.8. The summed E-state index contributed by atoms with van der Waals surface area (Å²) in [6.45, 7) is 0.793. The molecule has 4 aliphatic heterocycles. The normalized spacial score (nSPS) is 44.1. The van der Waals surface area contributed by atoms with Crippen LogP contribution in [0.3, 0.4) is 0 Å². The van der Waals surface area contributed by atoms with Gasteiger partial charge in [0.25, 0.3) is 0 Å². The first-order valence-corrected chi connectivity index (χ1v) is 7.96. The summed E-state index contributed by atoms with van der Waals surface area (Å²) in [5, 5.41) is 10.2. The van der Waals surface area contributed by atoms with Gasteiger partial charge >= 0.3 is 0 Å². The van der Waals surface area contributed by atoms with Crippen LogP contribution in [0.5, 0.6) is 0 Å². The fourth-order valence-corrected chi connectivity index (χ4v) is 4.93. The number of piperidine rings is 4. The lowest BCUT2D eigenvalue weighted by Gasteiger charge is -2.57. The molecule has 0 spiro atoms. The SMILES string of the molecule is O=C1CCCC2[C@@H]3C[C@@H](CN12)C1CCC[C@H](O)N1C3=O. The molecular formula is C15H22N2O3. The number of fused-ring (bicyclic) bond motifs is 6. The fraction of sp³-hybridized carbons (Fsp3) is 0.867. The van der Waals surface area contributed by atoms with Gasteiger partial charge in [-0.05, 0) is 44.4 Å². The molecule has 20 heavy (non-hydrogen) atoms. The summed E-state index contributed by atoms with van der Waals surface area (Å²) in [4.78, 5) is 28.7. The molecule has 5 heteroatoms. The predicted molar refractivity (Wildman–Crippen MR) is 71.4 cm³/mol. The summed E-state index contributed by atoms with van der Waals surface area (Å²) < 4.78 is 0. The first-order chi connectivity index (χ1) is 9.66. The van der Waals surface area contributed by atoms with Crippen LogP contribution >= 0.6 is 0 Å². The van der Waals surface area contributed by atoms with Crippen LogP contribution in [-0.2, 0) is 9.59 Å². The van der Waals surface area contributed by atoms with Crippen LogP contribution in [0.2, 0.25) is 0 Å². The number of amides is 2. The Bertz CT molecular complexity index is 452. The van der Waals surface area contributed by atoms with Gasteiger partial charge in [-0.1, -0.05) is 0 Å². The van der Waals surface area contributed by atoms with Crippen LogP contribution < -0.4 is 0 Å². The topological polar surface area (TPSA) is 60.9 Å². The molecule has 2 amide bonds. The van der Waals surface area contributed by atoms with Crippen molar-refractivity contribution in [2.24, 2.45) is 11.8 Å². The number of rotatable bonds is 0. The number of carbonyl (C=O) groups excluding carboxylic acids is 2. The van der Waals surface area contributed by atoms with Crippen LogP contribution in [0.1, 0.15) is 44.9 Å². The molecule has 5 nitrogen and oxygen atoms in total. The van der Waals surface area contributed by atoms with Crippen molar-refractivity contribution in [2.75, 3.05) is 6.54 Å². The van der Waals surface area contributed by atoms with Crippen LogP contribution in [-0.4, -0.2) is 51.6 Å². The Kier molecular flexibility index (Phi) is 2.81. The molecule has 4 heterocycles. The molecule has 0 aromatic carbocycles. The van der Waals surface area contributed by atoms with Crippen LogP contribution in [0, 0.1) is 11.8 Å². The van der Waals surface area contributed by atoms with Crippen molar-refractivity contribution in [3.63, 3.8) is 0 Å². The van der Waals surface area contributed by atoms with Crippen LogP contribution in [0.25, 0.3) is 0 Å². The molecule has 2 unspecified atom stereocenters. The van der Waals surface area contributed by atoms with Crippen molar-refractivity contribution >= 4 is 11.8 Å². The van der Waals surface area contributed by atoms with Gasteiger partial charge in [0.05, 0.1) is 5.92 Å². The standard InChI is InChI=1S/C15H22N2O3/c18-13-5-2-4-12-10-7-9(8-16(12)13)11-3-1-6-14(19)17(11)15(10)20/h9-12,14,19H,1-8H2/t9-,10-,11?,12?,14-/m0/s1. The number of hydrogen-bond donors (Lipinski definition) is 1. The van der Waals surface area contributed by atoms with Gasteiger partial charge in [0.1, 0.15) is 6.23 Å². The van der Waals surface area contributed by atoms with E-state index in [4.69, 9.17) is 0 Å². The van der Waals surface area contributed by atoms with Crippen LogP contribution in [0.15, 0.2) is 0 Å². The van der Waals surface area contributed by atoms with E-state index in [0.29, 0.717) is 18.8 Å². The Balaban J connectivity index is 1.68. The van der Waals surface area contributed by atoms with Gasteiger partial charge < -0.3 is 14.9 Å². The highest BCUT2D eigenvalue weighted by Crippen LogP contribution is 2.44. The van der Waals surface area contributed by atoms with Gasteiger partial charge in [-0.15, -0.1) is 0 Å². The second kappa shape index (κ2) is 4.45. The molecule has 0 radical (unpaired) electrons. The predicted octanol–water partition coefficient (Wildman–Crippen LogP) is 0.717. The van der Waals surface area contributed by atoms with Crippen molar-refractivity contribution in [1.82, 2.24) is 9.80 Å². The average Bonchev–Trinajstić information content (AvgIpc) is 2.45. The van der Waals surface area contributed by atoms with Gasteiger partial charge in [-0.3, -0.25) is 9.59 Å². The monoisotopic (exact) mass is 278 g/mol. The molecule has 0 saturated carbocycles. The highest BCUT2D eigenvalue weighted by molar-refractivity contribution is 5.84. The maximum Gasteiger partial charge on any atom is 0.230 e. The van der Waals surface area contributed by atoms with Crippen molar-refractivity contribution in [1.29, 1.82) is 0 Å². The van der Waals surface area contributed by atoms with E-state index in [0.717, 1.165) is 38.6 Å². The lowest BCUT2D eigenvalue weighted by Crippen LogP contribution is -2.68. The first kappa shape index (κ1) is 12.6. The molecule has 5 atom stereocenters. The molecule has 4 saturated heterocycles. The zero-order valence-electron chi connectivity index (χ0n) is 11.7. The largest absolute Gasteiger partial charge is 0.374 e. The molecule has 2 bridgehead atoms. The highest BCUT2D eigenvalue weighted by Gasteiger charge is 2.53. The molecule has 0 aromatic rings. The van der Waals surface area contributed by atoms with Gasteiger partial charge in [-0.25, -0.2) is 0 Å². The fourth-order valence-electron chi connectivity index (χ4n) is 4.93. The van der Waals surface area contributed by atoms with Gasteiger partial charge in [0.2, 0.25) is 11.8 Å². The minimum absolute atomic E-state index is 0.0676. The lowest BCUT2D eigenvalue weighted by atomic mass is 9.70. The van der Waals surface area contributed by atoms with Crippen molar-refractivity contribution in [2.45, 2.75) is 63.3 Å². The number of aliphatic hydroxyl groups is 1. The zero-order chi connectivity index (χ0) is 13.9. The van der Waals surface area contributed by atoms with Crippen molar-refractivity contribution in [3.8, 4) is 0 Å². The van der Waals surface area contributed by atoms with E-state index in [9.17, 15) is 14.7 Å². The Morgan fingerprint density at radius 3 is 2.70 bits per heavy atom. The maximum atomic E-state index is 12.8. The summed E-state index contributed by atoms with van der Waals surface area (Å²) in [6.07, 6.45) is 5.47. The summed E-state index contributed by atoms with van der Waals surface area (Å²) >= 11 is 0. The molecule has 1 N–H and O–H groups in total.